The van der Waals surface area contributed by atoms with E-state index in [4.69, 9.17) is 0 Å². The Morgan fingerprint density at radius 2 is 2.20 bits per heavy atom. The molecule has 0 heterocycles. The summed E-state index contributed by atoms with van der Waals surface area (Å²) in [5.41, 5.74) is 0. The molecule has 0 aliphatic rings. The van der Waals surface area contributed by atoms with Crippen LogP contribution in [0.3, 0.4) is 0 Å². The van der Waals surface area contributed by atoms with Crippen molar-refractivity contribution in [3.8, 4) is 0 Å². The molecule has 0 aliphatic heterocycles. The van der Waals surface area contributed by atoms with Crippen molar-refractivity contribution >= 4 is 22.6 Å². The van der Waals surface area contributed by atoms with E-state index in [2.05, 4.69) is 60.4 Å². The van der Waals surface area contributed by atoms with Crippen LogP contribution in [-0.2, 0) is 0 Å². The van der Waals surface area contributed by atoms with Crippen LogP contribution in [0.4, 0.5) is 0 Å². The fourth-order valence-electron chi connectivity index (χ4n) is 0.448. The lowest BCUT2D eigenvalue weighted by atomic mass is 10.2. The molecule has 0 nitrogen and oxygen atoms in total. The highest BCUT2D eigenvalue weighted by Gasteiger charge is 1.82. The van der Waals surface area contributed by atoms with Gasteiger partial charge in [0.1, 0.15) is 0 Å². The van der Waals surface area contributed by atoms with Crippen molar-refractivity contribution in [1.82, 2.24) is 0 Å². The molecule has 0 aromatic heterocycles. The minimum Gasteiger partial charge on any atom is -0.102 e. The summed E-state index contributed by atoms with van der Waals surface area (Å²) < 4.78 is 1.07. The predicted octanol–water partition coefficient (Wildman–Crippen LogP) is 3.36. The smallest absolute Gasteiger partial charge is 0.0178 e. The first-order valence-corrected chi connectivity index (χ1v) is 4.85. The third kappa shape index (κ3) is 6.08. The quantitative estimate of drug-likeness (QED) is 0.310. The molecule has 10 heavy (non-hydrogen) atoms. The largest absolute Gasteiger partial charge is 0.102 e. The van der Waals surface area contributed by atoms with E-state index in [1.807, 2.05) is 6.08 Å². The van der Waals surface area contributed by atoms with Crippen molar-refractivity contribution in [2.24, 2.45) is 5.92 Å². The minimum atomic E-state index is 0.485. The molecule has 0 fully saturated rings. The Morgan fingerprint density at radius 3 is 2.70 bits per heavy atom. The third-order valence-corrected chi connectivity index (χ3v) is 1.63. The topological polar surface area (TPSA) is 0 Å². The van der Waals surface area contributed by atoms with Crippen LogP contribution in [-0.4, -0.2) is 4.43 Å². The van der Waals surface area contributed by atoms with Gasteiger partial charge in [0.15, 0.2) is 0 Å². The van der Waals surface area contributed by atoms with Crippen molar-refractivity contribution in [1.29, 1.82) is 0 Å². The number of rotatable bonds is 4. The number of hydrogen-bond acceptors (Lipinski definition) is 0. The highest BCUT2D eigenvalue weighted by Crippen LogP contribution is 1.97. The molecule has 0 saturated carbocycles. The highest BCUT2D eigenvalue weighted by molar-refractivity contribution is 14.1. The van der Waals surface area contributed by atoms with E-state index in [1.54, 1.807) is 0 Å². The second-order valence-electron chi connectivity index (χ2n) is 2.06. The van der Waals surface area contributed by atoms with Crippen LogP contribution in [0.2, 0.25) is 0 Å². The van der Waals surface area contributed by atoms with Gasteiger partial charge in [-0.25, -0.2) is 0 Å². The molecule has 0 aromatic rings. The van der Waals surface area contributed by atoms with E-state index in [0.29, 0.717) is 5.92 Å². The number of halogens is 1. The predicted molar refractivity (Wildman–Crippen MR) is 56.5 cm³/mol. The van der Waals surface area contributed by atoms with Gasteiger partial charge >= 0.3 is 0 Å². The van der Waals surface area contributed by atoms with E-state index in [9.17, 15) is 0 Å². The molecule has 0 saturated heterocycles. The molecule has 0 spiro atoms. The van der Waals surface area contributed by atoms with Gasteiger partial charge in [0.2, 0.25) is 0 Å². The first-order valence-electron chi connectivity index (χ1n) is 3.33. The number of alkyl halides is 1. The maximum Gasteiger partial charge on any atom is 0.0178 e. The van der Waals surface area contributed by atoms with Gasteiger partial charge < -0.3 is 0 Å². The third-order valence-electron chi connectivity index (χ3n) is 1.12. The van der Waals surface area contributed by atoms with Crippen LogP contribution in [0.1, 0.15) is 6.92 Å². The number of hydrogen-bond donors (Lipinski definition) is 0. The Kier molecular flexibility index (Phi) is 7.03. The van der Waals surface area contributed by atoms with Gasteiger partial charge in [-0.3, -0.25) is 0 Å². The molecule has 1 heteroatoms. The lowest BCUT2D eigenvalue weighted by Gasteiger charge is -1.91. The molecule has 0 aliphatic carbocycles. The summed E-state index contributed by atoms with van der Waals surface area (Å²) in [5, 5.41) is 0. The maximum absolute atomic E-state index is 3.68. The highest BCUT2D eigenvalue weighted by atomic mass is 127. The van der Waals surface area contributed by atoms with Crippen molar-refractivity contribution in [2.45, 2.75) is 6.92 Å². The van der Waals surface area contributed by atoms with Gasteiger partial charge in [-0.1, -0.05) is 59.9 Å². The first-order chi connectivity index (χ1) is 4.81. The van der Waals surface area contributed by atoms with Crippen LogP contribution in [0, 0.1) is 5.92 Å². The Hall–Kier alpha value is -0.0500. The molecule has 0 aromatic carbocycles. The van der Waals surface area contributed by atoms with E-state index in [-0.39, 0.29) is 0 Å². The summed E-state index contributed by atoms with van der Waals surface area (Å²) in [6.07, 6.45) is 10.3. The maximum atomic E-state index is 3.68. The molecule has 0 rings (SSSR count). The van der Waals surface area contributed by atoms with Crippen LogP contribution < -0.4 is 0 Å². The zero-order valence-corrected chi connectivity index (χ0v) is 8.41. The summed E-state index contributed by atoms with van der Waals surface area (Å²) in [7, 11) is 0. The Bertz CT molecular complexity index is 134. The van der Waals surface area contributed by atoms with E-state index >= 15 is 0 Å². The molecule has 1 unspecified atom stereocenters. The zero-order chi connectivity index (χ0) is 7.82. The van der Waals surface area contributed by atoms with Crippen molar-refractivity contribution in [2.75, 3.05) is 4.43 Å². The van der Waals surface area contributed by atoms with Gasteiger partial charge in [-0.05, 0) is 5.92 Å². The van der Waals surface area contributed by atoms with E-state index in [1.165, 1.54) is 0 Å². The molecule has 0 radical (unpaired) electrons. The molecule has 0 amide bonds. The van der Waals surface area contributed by atoms with Crippen molar-refractivity contribution < 1.29 is 0 Å². The minimum absolute atomic E-state index is 0.485. The number of allylic oxidation sites excluding steroid dienone is 5. The first kappa shape index (κ1) is 9.95. The Balaban J connectivity index is 3.54. The second kappa shape index (κ2) is 7.06. The lowest BCUT2D eigenvalue weighted by molar-refractivity contribution is 0.944. The summed E-state index contributed by atoms with van der Waals surface area (Å²) in [6.45, 7) is 5.80. The zero-order valence-electron chi connectivity index (χ0n) is 6.26. The molecule has 0 N–H and O–H groups in total. The van der Waals surface area contributed by atoms with Crippen LogP contribution in [0.5, 0.6) is 0 Å². The average molecular weight is 248 g/mol. The summed E-state index contributed by atoms with van der Waals surface area (Å²) >= 11 is 2.31. The van der Waals surface area contributed by atoms with Gasteiger partial charge in [0.25, 0.3) is 0 Å². The average Bonchev–Trinajstić information content (AvgIpc) is 1.98. The van der Waals surface area contributed by atoms with Gasteiger partial charge in [0.05, 0.1) is 0 Å². The van der Waals surface area contributed by atoms with Crippen molar-refractivity contribution in [3.63, 3.8) is 0 Å². The monoisotopic (exact) mass is 248 g/mol. The fraction of sp³-hybridized carbons (Fsp3) is 0.333. The van der Waals surface area contributed by atoms with Gasteiger partial charge in [-0.15, -0.1) is 6.58 Å². The molecular formula is C9H13I. The fourth-order valence-corrected chi connectivity index (χ4v) is 0.742. The van der Waals surface area contributed by atoms with E-state index < -0.39 is 0 Å². The van der Waals surface area contributed by atoms with Crippen molar-refractivity contribution in [3.05, 3.63) is 37.0 Å². The molecular weight excluding hydrogens is 235 g/mol. The van der Waals surface area contributed by atoms with Gasteiger partial charge in [0, 0.05) is 4.43 Å². The Morgan fingerprint density at radius 1 is 1.50 bits per heavy atom. The lowest BCUT2D eigenvalue weighted by Crippen LogP contribution is -1.77. The summed E-state index contributed by atoms with van der Waals surface area (Å²) in [5.74, 6) is 0.485. The molecule has 1 atom stereocenters. The standard InChI is InChI=1S/C9H13I/c1-3-9(2)7-5-4-6-8-10/h3-7,9H,1,8H2,2H3/b6-4-,7-5-. The molecule has 0 bridgehead atoms. The van der Waals surface area contributed by atoms with E-state index in [0.717, 1.165) is 4.43 Å². The van der Waals surface area contributed by atoms with Crippen LogP contribution in [0.15, 0.2) is 37.0 Å². The van der Waals surface area contributed by atoms with Crippen LogP contribution in [0.25, 0.3) is 0 Å². The Labute approximate surface area is 76.9 Å². The normalized spacial score (nSPS) is 14.6. The second-order valence-corrected chi connectivity index (χ2v) is 2.94. The van der Waals surface area contributed by atoms with Crippen LogP contribution >= 0.6 is 22.6 Å². The summed E-state index contributed by atoms with van der Waals surface area (Å²) in [4.78, 5) is 0. The van der Waals surface area contributed by atoms with Gasteiger partial charge in [-0.2, -0.15) is 0 Å². The summed E-state index contributed by atoms with van der Waals surface area (Å²) in [6, 6.07) is 0. The SMILES string of the molecule is C=CC(C)/C=C\C=C/CI. The molecule has 56 valence electrons.